The number of benzene rings is 1. The van der Waals surface area contributed by atoms with Gasteiger partial charge in [-0.15, -0.1) is 0 Å². The lowest BCUT2D eigenvalue weighted by molar-refractivity contribution is -0.121. The summed E-state index contributed by atoms with van der Waals surface area (Å²) in [5.41, 5.74) is 0.243. The Morgan fingerprint density at radius 3 is 2.62 bits per heavy atom. The van der Waals surface area contributed by atoms with Gasteiger partial charge in [-0.2, -0.15) is 0 Å². The molecule has 0 aliphatic carbocycles. The monoisotopic (exact) mass is 445 g/mol. The summed E-state index contributed by atoms with van der Waals surface area (Å²) >= 11 is 6.06. The molecule has 164 valence electrons. The number of halogens is 1. The van der Waals surface area contributed by atoms with E-state index in [1.807, 2.05) is 0 Å². The van der Waals surface area contributed by atoms with Gasteiger partial charge in [-0.1, -0.05) is 18.5 Å². The Balaban J connectivity index is 2.00. The molecular weight excluding hydrogens is 414 g/mol. The Morgan fingerprint density at radius 2 is 2.03 bits per heavy atom. The topological polar surface area (TPSA) is 79.0 Å². The third-order valence-corrected chi connectivity index (χ3v) is 6.76. The molecule has 1 aromatic carbocycles. The second-order valence-electron chi connectivity index (χ2n) is 7.72. The van der Waals surface area contributed by atoms with Crippen molar-refractivity contribution in [1.82, 2.24) is 10.2 Å². The third-order valence-electron chi connectivity index (χ3n) is 5.29. The number of likely N-dealkylation sites (tertiary alicyclic amines) is 1. The van der Waals surface area contributed by atoms with E-state index in [1.165, 1.54) is 26.0 Å². The van der Waals surface area contributed by atoms with E-state index >= 15 is 0 Å². The highest BCUT2D eigenvalue weighted by molar-refractivity contribution is 7.92. The van der Waals surface area contributed by atoms with Gasteiger partial charge in [0.05, 0.1) is 19.1 Å². The van der Waals surface area contributed by atoms with Crippen LogP contribution in [0.5, 0.6) is 5.75 Å². The quantitative estimate of drug-likeness (QED) is 0.591. The summed E-state index contributed by atoms with van der Waals surface area (Å²) < 4.78 is 31.3. The highest BCUT2D eigenvalue weighted by Crippen LogP contribution is 2.34. The molecule has 7 nitrogen and oxygen atoms in total. The Kier molecular flexibility index (Phi) is 8.60. The van der Waals surface area contributed by atoms with Crippen LogP contribution in [0, 0.1) is 5.92 Å². The van der Waals surface area contributed by atoms with Crippen molar-refractivity contribution in [2.24, 2.45) is 5.92 Å². The van der Waals surface area contributed by atoms with Gasteiger partial charge in [0.1, 0.15) is 11.8 Å². The van der Waals surface area contributed by atoms with E-state index in [9.17, 15) is 13.2 Å². The molecule has 0 spiro atoms. The highest BCUT2D eigenvalue weighted by Gasteiger charge is 2.31. The van der Waals surface area contributed by atoms with Gasteiger partial charge in [0.25, 0.3) is 0 Å². The number of carbonyl (C=O) groups excluding carboxylic acids is 1. The number of nitrogens with one attached hydrogen (secondary N) is 1. The summed E-state index contributed by atoms with van der Waals surface area (Å²) in [6.45, 7) is 7.47. The maximum Gasteiger partial charge on any atom is 0.243 e. The maximum atomic E-state index is 12.7. The minimum absolute atomic E-state index is 0.243. The zero-order chi connectivity index (χ0) is 21.6. The van der Waals surface area contributed by atoms with Crippen molar-refractivity contribution in [1.29, 1.82) is 0 Å². The molecule has 2 rings (SSSR count). The van der Waals surface area contributed by atoms with E-state index in [1.54, 1.807) is 19.1 Å². The molecule has 29 heavy (non-hydrogen) atoms. The van der Waals surface area contributed by atoms with Crippen LogP contribution >= 0.6 is 11.6 Å². The fourth-order valence-corrected chi connectivity index (χ4v) is 4.90. The first-order chi connectivity index (χ1) is 13.6. The maximum absolute atomic E-state index is 12.7. The summed E-state index contributed by atoms with van der Waals surface area (Å²) in [6, 6.07) is 3.74. The molecule has 1 aliphatic heterocycles. The molecule has 1 saturated heterocycles. The number of piperidine rings is 1. The fraction of sp³-hybridized carbons (Fsp3) is 0.650. The summed E-state index contributed by atoms with van der Waals surface area (Å²) in [4.78, 5) is 15.1. The molecule has 1 N–H and O–H groups in total. The van der Waals surface area contributed by atoms with Gasteiger partial charge in [0.2, 0.25) is 15.9 Å². The average Bonchev–Trinajstić information content (AvgIpc) is 2.65. The summed E-state index contributed by atoms with van der Waals surface area (Å²) in [5.74, 6) is 0.765. The molecule has 1 unspecified atom stereocenters. The number of carbonyl (C=O) groups is 1. The highest BCUT2D eigenvalue weighted by atomic mass is 35.5. The molecular formula is C20H32ClN3O4S. The van der Waals surface area contributed by atoms with Crippen molar-refractivity contribution >= 4 is 33.2 Å². The molecule has 0 bridgehead atoms. The fourth-order valence-electron chi connectivity index (χ4n) is 3.56. The van der Waals surface area contributed by atoms with Gasteiger partial charge in [-0.25, -0.2) is 8.42 Å². The molecule has 0 radical (unpaired) electrons. The molecule has 1 amide bonds. The van der Waals surface area contributed by atoms with Crippen LogP contribution in [0.15, 0.2) is 18.2 Å². The van der Waals surface area contributed by atoms with E-state index in [0.29, 0.717) is 17.3 Å². The number of sulfonamides is 1. The number of hydrogen-bond acceptors (Lipinski definition) is 5. The number of methoxy groups -OCH3 is 1. The number of hydrogen-bond donors (Lipinski definition) is 1. The van der Waals surface area contributed by atoms with Crippen molar-refractivity contribution in [3.63, 3.8) is 0 Å². The van der Waals surface area contributed by atoms with Crippen molar-refractivity contribution in [2.45, 2.75) is 39.2 Å². The second-order valence-corrected chi connectivity index (χ2v) is 10.0. The Morgan fingerprint density at radius 1 is 1.38 bits per heavy atom. The predicted molar refractivity (Wildman–Crippen MR) is 117 cm³/mol. The molecule has 1 heterocycles. The van der Waals surface area contributed by atoms with Gasteiger partial charge in [0.15, 0.2) is 0 Å². The zero-order valence-electron chi connectivity index (χ0n) is 17.7. The van der Waals surface area contributed by atoms with E-state index < -0.39 is 16.1 Å². The van der Waals surface area contributed by atoms with Crippen molar-refractivity contribution in [3.05, 3.63) is 23.2 Å². The lowest BCUT2D eigenvalue weighted by Crippen LogP contribution is -2.48. The second kappa shape index (κ2) is 10.5. The van der Waals surface area contributed by atoms with Crippen molar-refractivity contribution < 1.29 is 17.9 Å². The minimum atomic E-state index is -3.74. The van der Waals surface area contributed by atoms with Crippen LogP contribution < -0.4 is 14.4 Å². The molecule has 1 aromatic rings. The summed E-state index contributed by atoms with van der Waals surface area (Å²) in [5, 5.41) is 3.22. The third kappa shape index (κ3) is 6.76. The lowest BCUT2D eigenvalue weighted by atomic mass is 9.99. The number of nitrogens with zero attached hydrogens (tertiary/aromatic N) is 2. The van der Waals surface area contributed by atoms with Gasteiger partial charge >= 0.3 is 0 Å². The van der Waals surface area contributed by atoms with E-state index in [4.69, 9.17) is 16.3 Å². The van der Waals surface area contributed by atoms with Crippen molar-refractivity contribution in [3.8, 4) is 5.75 Å². The van der Waals surface area contributed by atoms with Gasteiger partial charge in [0, 0.05) is 11.6 Å². The van der Waals surface area contributed by atoms with Crippen LogP contribution in [0.1, 0.15) is 33.1 Å². The standard InChI is InChI=1S/C20H32ClN3O4S/c1-15-8-12-23(13-9-15)11-5-10-22-20(25)16(2)24(29(4,26)27)18-14-17(21)6-7-19(18)28-3/h6-7,14-16H,5,8-13H2,1-4H3,(H,22,25). The van der Waals surface area contributed by atoms with Crippen LogP contribution in [-0.2, 0) is 14.8 Å². The summed E-state index contributed by atoms with van der Waals surface area (Å²) in [7, 11) is -2.30. The Hall–Kier alpha value is -1.51. The average molecular weight is 446 g/mol. The molecule has 9 heteroatoms. The van der Waals surface area contributed by atoms with Gasteiger partial charge in [-0.05, 0) is 69.9 Å². The van der Waals surface area contributed by atoms with Crippen molar-refractivity contribution in [2.75, 3.05) is 43.8 Å². The number of anilines is 1. The number of ether oxygens (including phenoxy) is 1. The minimum Gasteiger partial charge on any atom is -0.495 e. The largest absolute Gasteiger partial charge is 0.495 e. The van der Waals surface area contributed by atoms with Crippen LogP contribution in [0.2, 0.25) is 5.02 Å². The SMILES string of the molecule is COc1ccc(Cl)cc1N(C(C)C(=O)NCCCN1CCC(C)CC1)S(C)(=O)=O. The molecule has 1 fully saturated rings. The van der Waals surface area contributed by atoms with E-state index in [2.05, 4.69) is 17.1 Å². The molecule has 0 aromatic heterocycles. The van der Waals surface area contributed by atoms with Gasteiger partial charge < -0.3 is 15.0 Å². The van der Waals surface area contributed by atoms with Gasteiger partial charge in [-0.3, -0.25) is 9.10 Å². The number of amides is 1. The smallest absolute Gasteiger partial charge is 0.243 e. The molecule has 0 saturated carbocycles. The molecule has 1 atom stereocenters. The molecule has 1 aliphatic rings. The van der Waals surface area contributed by atoms with E-state index in [0.717, 1.165) is 42.5 Å². The van der Waals surface area contributed by atoms with Crippen LogP contribution in [0.4, 0.5) is 5.69 Å². The summed E-state index contributed by atoms with van der Waals surface area (Å²) in [6.07, 6.45) is 4.32. The lowest BCUT2D eigenvalue weighted by Gasteiger charge is -2.31. The first-order valence-electron chi connectivity index (χ1n) is 9.96. The van der Waals surface area contributed by atoms with Crippen LogP contribution in [0.3, 0.4) is 0 Å². The van der Waals surface area contributed by atoms with Crippen LogP contribution in [-0.4, -0.2) is 64.8 Å². The number of rotatable bonds is 9. The Labute approximate surface area is 179 Å². The normalized spacial score (nSPS) is 17.0. The first kappa shape index (κ1) is 23.8. The Bertz CT molecular complexity index is 795. The zero-order valence-corrected chi connectivity index (χ0v) is 19.2. The predicted octanol–water partition coefficient (Wildman–Crippen LogP) is 2.74. The first-order valence-corrected chi connectivity index (χ1v) is 12.2. The van der Waals surface area contributed by atoms with E-state index in [-0.39, 0.29) is 11.6 Å². The van der Waals surface area contributed by atoms with Crippen LogP contribution in [0.25, 0.3) is 0 Å².